The smallest absolute Gasteiger partial charge is 0.0369 e. The molecule has 1 fully saturated rings. The molecule has 1 saturated carbocycles. The molecule has 0 radical (unpaired) electrons. The van der Waals surface area contributed by atoms with Gasteiger partial charge in [0.1, 0.15) is 0 Å². The average molecular weight is 254 g/mol. The van der Waals surface area contributed by atoms with Crippen molar-refractivity contribution in [2.45, 2.75) is 46.0 Å². The first-order valence-corrected chi connectivity index (χ1v) is 6.92. The lowest BCUT2D eigenvalue weighted by molar-refractivity contribution is 0.293. The van der Waals surface area contributed by atoms with Gasteiger partial charge in [0.05, 0.1) is 0 Å². The summed E-state index contributed by atoms with van der Waals surface area (Å²) in [5.41, 5.74) is 7.74. The van der Waals surface area contributed by atoms with E-state index in [-0.39, 0.29) is 0 Å². The Kier molecular flexibility index (Phi) is 5.84. The number of nitrogens with two attached hydrogens (primary N) is 1. The lowest BCUT2D eigenvalue weighted by atomic mass is 9.77. The zero-order valence-corrected chi connectivity index (χ0v) is 11.8. The average Bonchev–Trinajstić information content (AvgIpc) is 2.35. The molecule has 2 N–H and O–H groups in total. The van der Waals surface area contributed by atoms with Crippen LogP contribution in [-0.2, 0) is 0 Å². The highest BCUT2D eigenvalue weighted by molar-refractivity contribution is 6.31. The summed E-state index contributed by atoms with van der Waals surface area (Å²) in [5.74, 6) is 1.19. The zero-order chi connectivity index (χ0) is 12.8. The van der Waals surface area contributed by atoms with E-state index in [9.17, 15) is 0 Å². The molecule has 0 amide bonds. The van der Waals surface area contributed by atoms with Gasteiger partial charge < -0.3 is 5.73 Å². The van der Waals surface area contributed by atoms with Crippen molar-refractivity contribution in [3.8, 4) is 0 Å². The SMILES string of the molecule is C=C(Cl)/C(=C\C(N)=CC)C(C)C1CCCCC1. The number of allylic oxidation sites excluding steroid dienone is 4. The van der Waals surface area contributed by atoms with Gasteiger partial charge in [0.25, 0.3) is 0 Å². The number of hydrogen-bond acceptors (Lipinski definition) is 1. The van der Waals surface area contributed by atoms with E-state index in [1.807, 2.05) is 19.1 Å². The fourth-order valence-corrected chi connectivity index (χ4v) is 2.83. The van der Waals surface area contributed by atoms with Gasteiger partial charge in [0, 0.05) is 10.7 Å². The molecule has 0 bridgehead atoms. The maximum absolute atomic E-state index is 6.11. The van der Waals surface area contributed by atoms with Crippen LogP contribution in [0.1, 0.15) is 46.0 Å². The van der Waals surface area contributed by atoms with Crippen LogP contribution in [0.5, 0.6) is 0 Å². The summed E-state index contributed by atoms with van der Waals surface area (Å²) in [6.07, 6.45) is 10.5. The minimum absolute atomic E-state index is 0.457. The van der Waals surface area contributed by atoms with Crippen LogP contribution in [0.15, 0.2) is 35.0 Å². The van der Waals surface area contributed by atoms with E-state index in [4.69, 9.17) is 17.3 Å². The molecule has 0 saturated heterocycles. The Hall–Kier alpha value is -0.690. The second-order valence-corrected chi connectivity index (χ2v) is 5.44. The van der Waals surface area contributed by atoms with Crippen LogP contribution >= 0.6 is 11.6 Å². The summed E-state index contributed by atoms with van der Waals surface area (Å²) in [4.78, 5) is 0. The van der Waals surface area contributed by atoms with Crippen molar-refractivity contribution in [3.05, 3.63) is 35.0 Å². The molecule has 1 rings (SSSR count). The summed E-state index contributed by atoms with van der Waals surface area (Å²) in [7, 11) is 0. The highest BCUT2D eigenvalue weighted by atomic mass is 35.5. The maximum atomic E-state index is 6.11. The quantitative estimate of drug-likeness (QED) is 0.720. The molecule has 96 valence electrons. The molecule has 2 heteroatoms. The molecule has 0 aromatic rings. The lowest BCUT2D eigenvalue weighted by Crippen LogP contribution is -2.18. The van der Waals surface area contributed by atoms with Gasteiger partial charge in [-0.3, -0.25) is 0 Å². The number of hydrogen-bond donors (Lipinski definition) is 1. The van der Waals surface area contributed by atoms with Gasteiger partial charge in [-0.25, -0.2) is 0 Å². The lowest BCUT2D eigenvalue weighted by Gasteiger charge is -2.29. The molecule has 0 spiro atoms. The van der Waals surface area contributed by atoms with Crippen molar-refractivity contribution in [2.24, 2.45) is 17.6 Å². The van der Waals surface area contributed by atoms with Crippen LogP contribution in [-0.4, -0.2) is 0 Å². The predicted octanol–water partition coefficient (Wildman–Crippen LogP) is 4.74. The second kappa shape index (κ2) is 6.90. The normalized spacial score (nSPS) is 21.4. The van der Waals surface area contributed by atoms with Crippen LogP contribution in [0.3, 0.4) is 0 Å². The van der Waals surface area contributed by atoms with Crippen molar-refractivity contribution in [1.82, 2.24) is 0 Å². The summed E-state index contributed by atoms with van der Waals surface area (Å²) in [6, 6.07) is 0. The van der Waals surface area contributed by atoms with E-state index < -0.39 is 0 Å². The van der Waals surface area contributed by atoms with Gasteiger partial charge in [0.2, 0.25) is 0 Å². The zero-order valence-electron chi connectivity index (χ0n) is 11.0. The molecular weight excluding hydrogens is 230 g/mol. The van der Waals surface area contributed by atoms with E-state index in [1.54, 1.807) is 0 Å². The topological polar surface area (TPSA) is 26.0 Å². The largest absolute Gasteiger partial charge is 0.399 e. The van der Waals surface area contributed by atoms with E-state index in [2.05, 4.69) is 13.5 Å². The van der Waals surface area contributed by atoms with Gasteiger partial charge >= 0.3 is 0 Å². The fraction of sp³-hybridized carbons (Fsp3) is 0.600. The van der Waals surface area contributed by atoms with Crippen LogP contribution in [0, 0.1) is 11.8 Å². The van der Waals surface area contributed by atoms with Crippen molar-refractivity contribution in [3.63, 3.8) is 0 Å². The molecule has 1 aliphatic rings. The van der Waals surface area contributed by atoms with Crippen LogP contribution in [0.25, 0.3) is 0 Å². The Bertz CT molecular complexity index is 322. The van der Waals surface area contributed by atoms with Crippen molar-refractivity contribution in [2.75, 3.05) is 0 Å². The first-order valence-electron chi connectivity index (χ1n) is 6.54. The van der Waals surface area contributed by atoms with Gasteiger partial charge in [-0.2, -0.15) is 0 Å². The number of halogens is 1. The summed E-state index contributed by atoms with van der Waals surface area (Å²) < 4.78 is 0. The van der Waals surface area contributed by atoms with E-state index >= 15 is 0 Å². The highest BCUT2D eigenvalue weighted by Crippen LogP contribution is 2.36. The molecule has 1 unspecified atom stereocenters. The molecule has 0 aliphatic heterocycles. The van der Waals surface area contributed by atoms with Gasteiger partial charge in [-0.1, -0.05) is 50.4 Å². The second-order valence-electron chi connectivity index (χ2n) is 4.98. The van der Waals surface area contributed by atoms with Gasteiger partial charge in [-0.05, 0) is 43.3 Å². The minimum atomic E-state index is 0.457. The Morgan fingerprint density at radius 3 is 2.41 bits per heavy atom. The van der Waals surface area contributed by atoms with Crippen molar-refractivity contribution >= 4 is 11.6 Å². The van der Waals surface area contributed by atoms with Crippen molar-refractivity contribution < 1.29 is 0 Å². The monoisotopic (exact) mass is 253 g/mol. The minimum Gasteiger partial charge on any atom is -0.399 e. The first kappa shape index (κ1) is 14.4. The first-order chi connectivity index (χ1) is 8.06. The number of rotatable bonds is 4. The molecule has 0 heterocycles. The standard InChI is InChI=1S/C15H24ClN/c1-4-14(17)10-15(12(3)16)11(2)13-8-6-5-7-9-13/h4,10-11,13H,3,5-9,17H2,1-2H3/b14-4?,15-10-. The van der Waals surface area contributed by atoms with E-state index in [1.165, 1.54) is 32.1 Å². The molecule has 0 aromatic carbocycles. The van der Waals surface area contributed by atoms with Crippen LogP contribution < -0.4 is 5.73 Å². The fourth-order valence-electron chi connectivity index (χ4n) is 2.61. The van der Waals surface area contributed by atoms with Crippen molar-refractivity contribution in [1.29, 1.82) is 0 Å². The van der Waals surface area contributed by atoms with E-state index in [0.29, 0.717) is 11.0 Å². The molecule has 0 aromatic heterocycles. The van der Waals surface area contributed by atoms with Crippen LogP contribution in [0.4, 0.5) is 0 Å². The predicted molar refractivity (Wildman–Crippen MR) is 76.8 cm³/mol. The summed E-state index contributed by atoms with van der Waals surface area (Å²) in [5, 5.41) is 0.632. The Labute approximate surface area is 110 Å². The van der Waals surface area contributed by atoms with Gasteiger partial charge in [0.15, 0.2) is 0 Å². The molecule has 1 aliphatic carbocycles. The Balaban J connectivity index is 2.83. The third-order valence-electron chi connectivity index (χ3n) is 3.82. The highest BCUT2D eigenvalue weighted by Gasteiger charge is 2.23. The summed E-state index contributed by atoms with van der Waals surface area (Å²) in [6.45, 7) is 8.06. The molecule has 17 heavy (non-hydrogen) atoms. The maximum Gasteiger partial charge on any atom is 0.0369 e. The molecule has 1 nitrogen and oxygen atoms in total. The summed E-state index contributed by atoms with van der Waals surface area (Å²) >= 11 is 6.11. The van der Waals surface area contributed by atoms with Crippen LogP contribution in [0.2, 0.25) is 0 Å². The van der Waals surface area contributed by atoms with E-state index in [0.717, 1.165) is 17.2 Å². The molecular formula is C15H24ClN. The Morgan fingerprint density at radius 1 is 1.35 bits per heavy atom. The molecule has 1 atom stereocenters. The third-order valence-corrected chi connectivity index (χ3v) is 4.03. The third kappa shape index (κ3) is 4.23. The van der Waals surface area contributed by atoms with Gasteiger partial charge in [-0.15, -0.1) is 0 Å². The Morgan fingerprint density at radius 2 is 1.94 bits per heavy atom.